The van der Waals surface area contributed by atoms with Gasteiger partial charge in [-0.15, -0.1) is 10.2 Å². The fourth-order valence-electron chi connectivity index (χ4n) is 2.74. The van der Waals surface area contributed by atoms with Gasteiger partial charge in [0.1, 0.15) is 0 Å². The molecule has 0 unspecified atom stereocenters. The van der Waals surface area contributed by atoms with Crippen molar-refractivity contribution in [2.24, 2.45) is 0 Å². The quantitative estimate of drug-likeness (QED) is 0.866. The van der Waals surface area contributed by atoms with Crippen molar-refractivity contribution in [3.63, 3.8) is 0 Å². The van der Waals surface area contributed by atoms with Crippen molar-refractivity contribution >= 4 is 11.6 Å². The molecule has 1 aliphatic heterocycles. The van der Waals surface area contributed by atoms with Crippen LogP contribution in [0.3, 0.4) is 0 Å². The van der Waals surface area contributed by atoms with Crippen molar-refractivity contribution in [1.29, 1.82) is 0 Å². The van der Waals surface area contributed by atoms with Crippen molar-refractivity contribution < 1.29 is 9.15 Å². The highest BCUT2D eigenvalue weighted by atomic mass is 35.5. The minimum absolute atomic E-state index is 0.0665. The lowest BCUT2D eigenvalue weighted by Gasteiger charge is -2.32. The molecular weight excluding hydrogens is 302 g/mol. The molecule has 1 aromatic heterocycles. The number of morpholine rings is 1. The van der Waals surface area contributed by atoms with Crippen molar-refractivity contribution in [1.82, 2.24) is 15.1 Å². The Balaban J connectivity index is 1.40. The van der Waals surface area contributed by atoms with E-state index in [2.05, 4.69) is 15.1 Å². The van der Waals surface area contributed by atoms with E-state index in [0.29, 0.717) is 25.0 Å². The molecule has 0 bridgehead atoms. The third-order valence-corrected chi connectivity index (χ3v) is 4.41. The van der Waals surface area contributed by atoms with E-state index in [0.717, 1.165) is 29.6 Å². The molecule has 2 heterocycles. The molecule has 2 aliphatic rings. The lowest BCUT2D eigenvalue weighted by molar-refractivity contribution is -0.0352. The predicted molar refractivity (Wildman–Crippen MR) is 81.7 cm³/mol. The Hall–Kier alpha value is -1.43. The summed E-state index contributed by atoms with van der Waals surface area (Å²) < 4.78 is 11.6. The van der Waals surface area contributed by atoms with E-state index < -0.39 is 0 Å². The van der Waals surface area contributed by atoms with Crippen LogP contribution in [0, 0.1) is 0 Å². The van der Waals surface area contributed by atoms with Crippen molar-refractivity contribution in [3.05, 3.63) is 46.6 Å². The van der Waals surface area contributed by atoms with Gasteiger partial charge in [0.2, 0.25) is 11.8 Å². The van der Waals surface area contributed by atoms with Gasteiger partial charge in [-0.3, -0.25) is 4.90 Å². The molecule has 0 spiro atoms. The molecule has 116 valence electrons. The molecule has 6 heteroatoms. The summed E-state index contributed by atoms with van der Waals surface area (Å²) in [5.41, 5.74) is 1.15. The largest absolute Gasteiger partial charge is 0.424 e. The van der Waals surface area contributed by atoms with E-state index in [4.69, 9.17) is 20.8 Å². The monoisotopic (exact) mass is 319 g/mol. The van der Waals surface area contributed by atoms with E-state index in [-0.39, 0.29) is 6.10 Å². The lowest BCUT2D eigenvalue weighted by Crippen LogP contribution is -2.37. The summed E-state index contributed by atoms with van der Waals surface area (Å²) in [6.45, 7) is 3.10. The molecule has 1 atom stereocenters. The standard InChI is InChI=1S/C16H18ClN3O2/c17-13-5-3-11(4-6-13)14-9-20(7-8-21-14)10-15-18-19-16(22-15)12-1-2-12/h3-6,12,14H,1-2,7-10H2/t14-/m1/s1. The second-order valence-electron chi connectivity index (χ2n) is 5.95. The summed E-state index contributed by atoms with van der Waals surface area (Å²) >= 11 is 5.94. The minimum atomic E-state index is 0.0665. The Bertz CT molecular complexity index is 639. The van der Waals surface area contributed by atoms with Gasteiger partial charge in [0.25, 0.3) is 0 Å². The van der Waals surface area contributed by atoms with Gasteiger partial charge in [-0.2, -0.15) is 0 Å². The normalized spacial score (nSPS) is 22.9. The highest BCUT2D eigenvalue weighted by Crippen LogP contribution is 2.39. The summed E-state index contributed by atoms with van der Waals surface area (Å²) in [7, 11) is 0. The fraction of sp³-hybridized carbons (Fsp3) is 0.500. The predicted octanol–water partition coefficient (Wildman–Crippen LogP) is 3.17. The third-order valence-electron chi connectivity index (χ3n) is 4.16. The smallest absolute Gasteiger partial charge is 0.230 e. The molecule has 2 fully saturated rings. The molecule has 0 N–H and O–H groups in total. The molecule has 4 rings (SSSR count). The van der Waals surface area contributed by atoms with Crippen LogP contribution in [0.5, 0.6) is 0 Å². The molecule has 5 nitrogen and oxygen atoms in total. The molecule has 22 heavy (non-hydrogen) atoms. The molecule has 1 aromatic carbocycles. The number of aromatic nitrogens is 2. The lowest BCUT2D eigenvalue weighted by atomic mass is 10.1. The third kappa shape index (κ3) is 3.16. The molecule has 1 aliphatic carbocycles. The van der Waals surface area contributed by atoms with Gasteiger partial charge in [0, 0.05) is 24.0 Å². The summed E-state index contributed by atoms with van der Waals surface area (Å²) in [6.07, 6.45) is 2.42. The Morgan fingerprint density at radius 1 is 1.18 bits per heavy atom. The molecule has 0 radical (unpaired) electrons. The highest BCUT2D eigenvalue weighted by Gasteiger charge is 2.30. The zero-order valence-corrected chi connectivity index (χ0v) is 13.0. The summed E-state index contributed by atoms with van der Waals surface area (Å²) in [5, 5.41) is 9.05. The summed E-state index contributed by atoms with van der Waals surface area (Å²) in [6, 6.07) is 7.85. The van der Waals surface area contributed by atoms with Crippen LogP contribution in [0.1, 0.15) is 42.2 Å². The first-order valence-electron chi connectivity index (χ1n) is 7.69. The van der Waals surface area contributed by atoms with E-state index in [1.165, 1.54) is 12.8 Å². The van der Waals surface area contributed by atoms with E-state index in [1.807, 2.05) is 24.3 Å². The van der Waals surface area contributed by atoms with Gasteiger partial charge >= 0.3 is 0 Å². The zero-order chi connectivity index (χ0) is 14.9. The second-order valence-corrected chi connectivity index (χ2v) is 6.39. The van der Waals surface area contributed by atoms with Gasteiger partial charge < -0.3 is 9.15 Å². The van der Waals surface area contributed by atoms with E-state index >= 15 is 0 Å². The minimum Gasteiger partial charge on any atom is -0.424 e. The van der Waals surface area contributed by atoms with Crippen molar-refractivity contribution in [2.75, 3.05) is 19.7 Å². The van der Waals surface area contributed by atoms with Crippen LogP contribution >= 0.6 is 11.6 Å². The second kappa shape index (κ2) is 5.99. The van der Waals surface area contributed by atoms with Crippen LogP contribution in [-0.4, -0.2) is 34.8 Å². The van der Waals surface area contributed by atoms with E-state index in [9.17, 15) is 0 Å². The first-order valence-corrected chi connectivity index (χ1v) is 8.07. The maximum absolute atomic E-state index is 5.94. The number of halogens is 1. The van der Waals surface area contributed by atoms with Crippen LogP contribution in [0.4, 0.5) is 0 Å². The number of hydrogen-bond acceptors (Lipinski definition) is 5. The first-order chi connectivity index (χ1) is 10.8. The van der Waals surface area contributed by atoms with E-state index in [1.54, 1.807) is 0 Å². The zero-order valence-electron chi connectivity index (χ0n) is 12.2. The number of nitrogens with zero attached hydrogens (tertiary/aromatic N) is 3. The van der Waals surface area contributed by atoms with Crippen LogP contribution in [0.2, 0.25) is 5.02 Å². The molecule has 0 amide bonds. The van der Waals surface area contributed by atoms with Crippen LogP contribution in [0.15, 0.2) is 28.7 Å². The number of benzene rings is 1. The molecule has 1 saturated carbocycles. The fourth-order valence-corrected chi connectivity index (χ4v) is 2.87. The molecular formula is C16H18ClN3O2. The topological polar surface area (TPSA) is 51.4 Å². The maximum atomic E-state index is 5.94. The molecule has 1 saturated heterocycles. The van der Waals surface area contributed by atoms with Gasteiger partial charge in [0.15, 0.2) is 0 Å². The van der Waals surface area contributed by atoms with Crippen molar-refractivity contribution in [3.8, 4) is 0 Å². The Morgan fingerprint density at radius 2 is 2.00 bits per heavy atom. The maximum Gasteiger partial charge on any atom is 0.230 e. The van der Waals surface area contributed by atoms with Crippen LogP contribution < -0.4 is 0 Å². The highest BCUT2D eigenvalue weighted by molar-refractivity contribution is 6.30. The van der Waals surface area contributed by atoms with Crippen molar-refractivity contribution in [2.45, 2.75) is 31.4 Å². The molecule has 2 aromatic rings. The number of rotatable bonds is 4. The number of ether oxygens (including phenoxy) is 1. The van der Waals surface area contributed by atoms with Crippen LogP contribution in [-0.2, 0) is 11.3 Å². The average molecular weight is 320 g/mol. The van der Waals surface area contributed by atoms with Crippen LogP contribution in [0.25, 0.3) is 0 Å². The van der Waals surface area contributed by atoms with Gasteiger partial charge in [-0.1, -0.05) is 23.7 Å². The Morgan fingerprint density at radius 3 is 2.77 bits per heavy atom. The Kier molecular flexibility index (Phi) is 3.86. The van der Waals surface area contributed by atoms with Gasteiger partial charge in [-0.05, 0) is 30.5 Å². The Labute approximate surface area is 134 Å². The van der Waals surface area contributed by atoms with Gasteiger partial charge in [-0.25, -0.2) is 0 Å². The summed E-state index contributed by atoms with van der Waals surface area (Å²) in [5.74, 6) is 2.02. The SMILES string of the molecule is Clc1ccc([C@H]2CN(Cc3nnc(C4CC4)o3)CCO2)cc1. The summed E-state index contributed by atoms with van der Waals surface area (Å²) in [4.78, 5) is 2.30. The first kappa shape index (κ1) is 14.2. The number of hydrogen-bond donors (Lipinski definition) is 0. The van der Waals surface area contributed by atoms with Gasteiger partial charge in [0.05, 0.1) is 19.3 Å². The average Bonchev–Trinajstić information content (AvgIpc) is 3.29.